The third kappa shape index (κ3) is 4.45. The predicted molar refractivity (Wildman–Crippen MR) is 69.0 cm³/mol. The molecule has 0 heterocycles. The Morgan fingerprint density at radius 3 is 2.50 bits per heavy atom. The number of nitrogens with two attached hydrogens (primary N) is 1. The van der Waals surface area contributed by atoms with E-state index in [4.69, 9.17) is 10.5 Å². The fourth-order valence-electron chi connectivity index (χ4n) is 1.25. The van der Waals surface area contributed by atoms with Gasteiger partial charge in [-0.1, -0.05) is 6.92 Å². The summed E-state index contributed by atoms with van der Waals surface area (Å²) >= 11 is 0. The Morgan fingerprint density at radius 2 is 1.94 bits per heavy atom. The highest BCUT2D eigenvalue weighted by molar-refractivity contribution is 5.91. The number of amides is 1. The molecule has 0 aromatic heterocycles. The summed E-state index contributed by atoms with van der Waals surface area (Å²) in [4.78, 5) is 23.0. The number of benzene rings is 1. The van der Waals surface area contributed by atoms with Crippen molar-refractivity contribution in [2.45, 2.75) is 26.3 Å². The van der Waals surface area contributed by atoms with Gasteiger partial charge in [-0.05, 0) is 37.6 Å². The number of esters is 1. The number of ether oxygens (including phenoxy) is 1. The van der Waals surface area contributed by atoms with E-state index in [0.29, 0.717) is 11.3 Å². The molecule has 0 bridgehead atoms. The normalized spacial score (nSPS) is 11.7. The van der Waals surface area contributed by atoms with Gasteiger partial charge in [0.05, 0.1) is 5.56 Å². The number of carbonyl (C=O) groups excluding carboxylic acids is 2. The maximum absolute atomic E-state index is 11.6. The topological polar surface area (TPSA) is 81.4 Å². The lowest BCUT2D eigenvalue weighted by Gasteiger charge is -2.11. The van der Waals surface area contributed by atoms with E-state index in [2.05, 4.69) is 5.32 Å². The molecular formula is C13H18N2O3. The maximum Gasteiger partial charge on any atom is 0.338 e. The molecule has 0 saturated carbocycles. The standard InChI is InChI=1S/C13H18N2O3/c1-3-9(2)15-12(16)8-18-13(17)10-4-6-11(14)7-5-10/h4-7,9H,3,8,14H2,1-2H3,(H,15,16)/t9-/m1/s1. The van der Waals surface area contributed by atoms with Crippen molar-refractivity contribution in [1.29, 1.82) is 0 Å². The molecule has 0 unspecified atom stereocenters. The first-order valence-electron chi connectivity index (χ1n) is 5.85. The number of carbonyl (C=O) groups is 2. The van der Waals surface area contributed by atoms with E-state index in [-0.39, 0.29) is 18.6 Å². The Hall–Kier alpha value is -2.04. The van der Waals surface area contributed by atoms with Crippen molar-refractivity contribution in [2.24, 2.45) is 0 Å². The van der Waals surface area contributed by atoms with Gasteiger partial charge in [0.1, 0.15) is 0 Å². The summed E-state index contributed by atoms with van der Waals surface area (Å²) in [7, 11) is 0. The van der Waals surface area contributed by atoms with Gasteiger partial charge in [-0.3, -0.25) is 4.79 Å². The zero-order chi connectivity index (χ0) is 13.5. The average molecular weight is 250 g/mol. The van der Waals surface area contributed by atoms with Crippen molar-refractivity contribution < 1.29 is 14.3 Å². The summed E-state index contributed by atoms with van der Waals surface area (Å²) in [6.07, 6.45) is 0.831. The molecule has 0 aliphatic carbocycles. The van der Waals surface area contributed by atoms with Crippen LogP contribution < -0.4 is 11.1 Å². The molecule has 0 spiro atoms. The molecule has 1 rings (SSSR count). The first kappa shape index (κ1) is 14.0. The molecule has 1 atom stereocenters. The smallest absolute Gasteiger partial charge is 0.338 e. The molecular weight excluding hydrogens is 232 g/mol. The number of rotatable bonds is 5. The van der Waals surface area contributed by atoms with Crippen LogP contribution in [-0.2, 0) is 9.53 Å². The van der Waals surface area contributed by atoms with Crippen LogP contribution in [0, 0.1) is 0 Å². The molecule has 0 fully saturated rings. The number of nitrogen functional groups attached to an aromatic ring is 1. The second-order valence-electron chi connectivity index (χ2n) is 4.07. The predicted octanol–water partition coefficient (Wildman–Crippen LogP) is 1.34. The van der Waals surface area contributed by atoms with Gasteiger partial charge >= 0.3 is 5.97 Å². The molecule has 5 heteroatoms. The number of nitrogens with one attached hydrogen (secondary N) is 1. The third-order valence-corrected chi connectivity index (χ3v) is 2.50. The van der Waals surface area contributed by atoms with Crippen LogP contribution in [0.3, 0.4) is 0 Å². The lowest BCUT2D eigenvalue weighted by atomic mass is 10.2. The molecule has 0 aliphatic rings. The first-order valence-corrected chi connectivity index (χ1v) is 5.85. The van der Waals surface area contributed by atoms with Crippen LogP contribution in [0.1, 0.15) is 30.6 Å². The summed E-state index contributed by atoms with van der Waals surface area (Å²) < 4.78 is 4.88. The van der Waals surface area contributed by atoms with E-state index in [9.17, 15) is 9.59 Å². The van der Waals surface area contributed by atoms with E-state index in [0.717, 1.165) is 6.42 Å². The van der Waals surface area contributed by atoms with E-state index in [1.807, 2.05) is 13.8 Å². The van der Waals surface area contributed by atoms with Crippen molar-refractivity contribution in [3.05, 3.63) is 29.8 Å². The van der Waals surface area contributed by atoms with Gasteiger partial charge in [-0.2, -0.15) is 0 Å². The molecule has 3 N–H and O–H groups in total. The number of hydrogen-bond donors (Lipinski definition) is 2. The van der Waals surface area contributed by atoms with Gasteiger partial charge in [0.15, 0.2) is 6.61 Å². The molecule has 0 aliphatic heterocycles. The highest BCUT2D eigenvalue weighted by Crippen LogP contribution is 2.06. The largest absolute Gasteiger partial charge is 0.452 e. The van der Waals surface area contributed by atoms with E-state index in [1.165, 1.54) is 0 Å². The molecule has 1 aromatic rings. The second kappa shape index (κ2) is 6.64. The lowest BCUT2D eigenvalue weighted by Crippen LogP contribution is -2.35. The fourth-order valence-corrected chi connectivity index (χ4v) is 1.25. The molecule has 0 radical (unpaired) electrons. The lowest BCUT2D eigenvalue weighted by molar-refractivity contribution is -0.124. The molecule has 5 nitrogen and oxygen atoms in total. The minimum Gasteiger partial charge on any atom is -0.452 e. The third-order valence-electron chi connectivity index (χ3n) is 2.50. The van der Waals surface area contributed by atoms with E-state index < -0.39 is 5.97 Å². The molecule has 98 valence electrons. The Labute approximate surface area is 106 Å². The summed E-state index contributed by atoms with van der Waals surface area (Å²) in [5.74, 6) is -0.831. The van der Waals surface area contributed by atoms with Crippen molar-refractivity contribution in [3.8, 4) is 0 Å². The Morgan fingerprint density at radius 1 is 1.33 bits per heavy atom. The maximum atomic E-state index is 11.6. The Kier molecular flexibility index (Phi) is 5.17. The van der Waals surface area contributed by atoms with Crippen molar-refractivity contribution in [3.63, 3.8) is 0 Å². The minimum atomic E-state index is -0.533. The summed E-state index contributed by atoms with van der Waals surface area (Å²) in [6.45, 7) is 3.58. The molecule has 1 aromatic carbocycles. The highest BCUT2D eigenvalue weighted by Gasteiger charge is 2.11. The summed E-state index contributed by atoms with van der Waals surface area (Å²) in [5.41, 5.74) is 6.45. The Balaban J connectivity index is 2.41. The zero-order valence-corrected chi connectivity index (χ0v) is 10.6. The average Bonchev–Trinajstić information content (AvgIpc) is 2.36. The van der Waals surface area contributed by atoms with Crippen LogP contribution >= 0.6 is 0 Å². The Bertz CT molecular complexity index is 415. The van der Waals surface area contributed by atoms with Gasteiger partial charge in [0, 0.05) is 11.7 Å². The fraction of sp³-hybridized carbons (Fsp3) is 0.385. The van der Waals surface area contributed by atoms with Crippen LogP contribution in [0.4, 0.5) is 5.69 Å². The van der Waals surface area contributed by atoms with E-state index in [1.54, 1.807) is 24.3 Å². The molecule has 1 amide bonds. The van der Waals surface area contributed by atoms with Gasteiger partial charge in [-0.25, -0.2) is 4.79 Å². The molecule has 0 saturated heterocycles. The summed E-state index contributed by atoms with van der Waals surface area (Å²) in [5, 5.41) is 2.71. The van der Waals surface area contributed by atoms with Crippen molar-refractivity contribution in [1.82, 2.24) is 5.32 Å². The van der Waals surface area contributed by atoms with Crippen LogP contribution in [0.15, 0.2) is 24.3 Å². The van der Waals surface area contributed by atoms with E-state index >= 15 is 0 Å². The molecule has 18 heavy (non-hydrogen) atoms. The minimum absolute atomic E-state index is 0.0766. The number of anilines is 1. The second-order valence-corrected chi connectivity index (χ2v) is 4.07. The number of hydrogen-bond acceptors (Lipinski definition) is 4. The SMILES string of the molecule is CC[C@@H](C)NC(=O)COC(=O)c1ccc(N)cc1. The van der Waals surface area contributed by atoms with Crippen LogP contribution in [0.25, 0.3) is 0 Å². The van der Waals surface area contributed by atoms with Gasteiger partial charge in [0.25, 0.3) is 5.91 Å². The van der Waals surface area contributed by atoms with Crippen LogP contribution in [0.5, 0.6) is 0 Å². The first-order chi connectivity index (χ1) is 8.52. The van der Waals surface area contributed by atoms with Crippen LogP contribution in [0.2, 0.25) is 0 Å². The monoisotopic (exact) mass is 250 g/mol. The van der Waals surface area contributed by atoms with Gasteiger partial charge < -0.3 is 15.8 Å². The van der Waals surface area contributed by atoms with Gasteiger partial charge in [-0.15, -0.1) is 0 Å². The van der Waals surface area contributed by atoms with Crippen molar-refractivity contribution in [2.75, 3.05) is 12.3 Å². The van der Waals surface area contributed by atoms with Crippen molar-refractivity contribution >= 4 is 17.6 Å². The summed E-state index contributed by atoms with van der Waals surface area (Å²) in [6, 6.07) is 6.41. The van der Waals surface area contributed by atoms with Gasteiger partial charge in [0.2, 0.25) is 0 Å². The quantitative estimate of drug-likeness (QED) is 0.610. The highest BCUT2D eigenvalue weighted by atomic mass is 16.5. The zero-order valence-electron chi connectivity index (χ0n) is 10.6. The van der Waals surface area contributed by atoms with Crippen LogP contribution in [-0.4, -0.2) is 24.5 Å².